The molecule has 1 aliphatic rings. The lowest BCUT2D eigenvalue weighted by molar-refractivity contribution is -0.147. The van der Waals surface area contributed by atoms with Crippen molar-refractivity contribution >= 4 is 23.3 Å². The first-order valence-corrected chi connectivity index (χ1v) is 11.0. The standard InChI is InChI=1S/C26H31NO4/c1-17(2)22-10-6-7-18(3)26(22)27-24(29)16-31-25(30)14-13-23(28)21-12-11-19-8-4-5-9-20(19)15-21/h6-7,10-12,15,17H,4-5,8-9,13-14,16H2,1-3H3,(H,27,29). The number of ether oxygens (including phenoxy) is 1. The molecule has 1 N–H and O–H groups in total. The molecule has 3 rings (SSSR count). The van der Waals surface area contributed by atoms with Gasteiger partial charge in [0.2, 0.25) is 0 Å². The van der Waals surface area contributed by atoms with Crippen molar-refractivity contribution in [1.82, 2.24) is 0 Å². The molecule has 0 fully saturated rings. The van der Waals surface area contributed by atoms with Gasteiger partial charge in [0.1, 0.15) is 0 Å². The van der Waals surface area contributed by atoms with Gasteiger partial charge in [-0.1, -0.05) is 44.2 Å². The number of Topliss-reactive ketones (excluding diaryl/α,β-unsaturated/α-hetero) is 1. The Morgan fingerprint density at radius 2 is 1.74 bits per heavy atom. The van der Waals surface area contributed by atoms with E-state index in [1.165, 1.54) is 17.5 Å². The number of amides is 1. The quantitative estimate of drug-likeness (QED) is 0.473. The third-order valence-corrected chi connectivity index (χ3v) is 5.78. The van der Waals surface area contributed by atoms with Crippen LogP contribution in [0.5, 0.6) is 0 Å². The molecule has 0 bridgehead atoms. The van der Waals surface area contributed by atoms with Gasteiger partial charge in [0.05, 0.1) is 6.42 Å². The number of anilines is 1. The van der Waals surface area contributed by atoms with Crippen molar-refractivity contribution in [2.75, 3.05) is 11.9 Å². The summed E-state index contributed by atoms with van der Waals surface area (Å²) in [5.41, 5.74) is 5.97. The van der Waals surface area contributed by atoms with Crippen LogP contribution in [0, 0.1) is 6.92 Å². The van der Waals surface area contributed by atoms with Crippen LogP contribution >= 0.6 is 0 Å². The fourth-order valence-corrected chi connectivity index (χ4v) is 4.00. The third kappa shape index (κ3) is 6.03. The van der Waals surface area contributed by atoms with E-state index in [9.17, 15) is 14.4 Å². The van der Waals surface area contributed by atoms with E-state index >= 15 is 0 Å². The van der Waals surface area contributed by atoms with Crippen LogP contribution in [-0.2, 0) is 27.2 Å². The second-order valence-corrected chi connectivity index (χ2v) is 8.52. The lowest BCUT2D eigenvalue weighted by Crippen LogP contribution is -2.22. The number of esters is 1. The maximum Gasteiger partial charge on any atom is 0.306 e. The van der Waals surface area contributed by atoms with Crippen LogP contribution < -0.4 is 5.32 Å². The molecule has 31 heavy (non-hydrogen) atoms. The predicted octanol–water partition coefficient (Wildman–Crippen LogP) is 5.14. The highest BCUT2D eigenvalue weighted by molar-refractivity contribution is 5.98. The Morgan fingerprint density at radius 1 is 1.00 bits per heavy atom. The molecule has 0 radical (unpaired) electrons. The summed E-state index contributed by atoms with van der Waals surface area (Å²) in [4.78, 5) is 36.8. The van der Waals surface area contributed by atoms with Crippen molar-refractivity contribution in [2.24, 2.45) is 0 Å². The summed E-state index contributed by atoms with van der Waals surface area (Å²) in [6.07, 6.45) is 4.47. The molecule has 5 heteroatoms. The summed E-state index contributed by atoms with van der Waals surface area (Å²) in [5.74, 6) is -0.746. The molecular weight excluding hydrogens is 390 g/mol. The number of ketones is 1. The third-order valence-electron chi connectivity index (χ3n) is 5.78. The summed E-state index contributed by atoms with van der Waals surface area (Å²) in [5, 5.41) is 2.85. The van der Waals surface area contributed by atoms with Crippen LogP contribution in [0.25, 0.3) is 0 Å². The Kier molecular flexibility index (Phi) is 7.61. The van der Waals surface area contributed by atoms with Crippen LogP contribution in [0.15, 0.2) is 36.4 Å². The van der Waals surface area contributed by atoms with E-state index in [1.807, 2.05) is 43.3 Å². The minimum absolute atomic E-state index is 0.0369. The van der Waals surface area contributed by atoms with Crippen molar-refractivity contribution < 1.29 is 19.1 Å². The second kappa shape index (κ2) is 10.4. The smallest absolute Gasteiger partial charge is 0.306 e. The zero-order valence-corrected chi connectivity index (χ0v) is 18.6. The molecule has 0 atom stereocenters. The van der Waals surface area contributed by atoms with E-state index in [1.54, 1.807) is 0 Å². The van der Waals surface area contributed by atoms with Crippen LogP contribution in [-0.4, -0.2) is 24.3 Å². The second-order valence-electron chi connectivity index (χ2n) is 8.52. The van der Waals surface area contributed by atoms with Crippen molar-refractivity contribution in [3.63, 3.8) is 0 Å². The molecule has 0 saturated heterocycles. The maximum atomic E-state index is 12.5. The van der Waals surface area contributed by atoms with E-state index in [-0.39, 0.29) is 37.1 Å². The maximum absolute atomic E-state index is 12.5. The number of aryl methyl sites for hydroxylation is 3. The van der Waals surface area contributed by atoms with Gasteiger partial charge in [-0.25, -0.2) is 0 Å². The summed E-state index contributed by atoms with van der Waals surface area (Å²) >= 11 is 0. The van der Waals surface area contributed by atoms with Gasteiger partial charge in [0, 0.05) is 17.7 Å². The fraction of sp³-hybridized carbons (Fsp3) is 0.423. The first-order chi connectivity index (χ1) is 14.8. The van der Waals surface area contributed by atoms with Crippen LogP contribution in [0.2, 0.25) is 0 Å². The summed E-state index contributed by atoms with van der Waals surface area (Å²) in [6, 6.07) is 11.7. The number of hydrogen-bond acceptors (Lipinski definition) is 4. The first kappa shape index (κ1) is 22.7. The first-order valence-electron chi connectivity index (χ1n) is 11.0. The molecule has 0 aromatic heterocycles. The average Bonchev–Trinajstić information content (AvgIpc) is 2.76. The number of carbonyl (C=O) groups is 3. The van der Waals surface area contributed by atoms with Crippen molar-refractivity contribution in [1.29, 1.82) is 0 Å². The van der Waals surface area contributed by atoms with E-state index in [2.05, 4.69) is 19.2 Å². The Labute approximate surface area is 184 Å². The van der Waals surface area contributed by atoms with Gasteiger partial charge in [-0.2, -0.15) is 0 Å². The minimum atomic E-state index is -0.546. The van der Waals surface area contributed by atoms with Crippen LogP contribution in [0.4, 0.5) is 5.69 Å². The number of hydrogen-bond donors (Lipinski definition) is 1. The summed E-state index contributed by atoms with van der Waals surface area (Å²) in [7, 11) is 0. The number of rotatable bonds is 8. The fourth-order valence-electron chi connectivity index (χ4n) is 4.00. The van der Waals surface area contributed by atoms with Crippen molar-refractivity contribution in [2.45, 2.75) is 65.2 Å². The highest BCUT2D eigenvalue weighted by Crippen LogP contribution is 2.27. The van der Waals surface area contributed by atoms with Crippen molar-refractivity contribution in [3.05, 3.63) is 64.2 Å². The molecule has 1 amide bonds. The topological polar surface area (TPSA) is 72.5 Å². The lowest BCUT2D eigenvalue weighted by atomic mass is 9.89. The predicted molar refractivity (Wildman–Crippen MR) is 122 cm³/mol. The molecule has 5 nitrogen and oxygen atoms in total. The van der Waals surface area contributed by atoms with E-state index in [0.717, 1.165) is 36.1 Å². The van der Waals surface area contributed by atoms with E-state index in [0.29, 0.717) is 5.56 Å². The van der Waals surface area contributed by atoms with Gasteiger partial charge >= 0.3 is 5.97 Å². The summed E-state index contributed by atoms with van der Waals surface area (Å²) in [6.45, 7) is 5.69. The van der Waals surface area contributed by atoms with Gasteiger partial charge in [0.15, 0.2) is 12.4 Å². The molecule has 0 saturated carbocycles. The average molecular weight is 422 g/mol. The Morgan fingerprint density at radius 3 is 2.48 bits per heavy atom. The molecule has 2 aromatic rings. The Bertz CT molecular complexity index is 977. The Hall–Kier alpha value is -2.95. The molecule has 164 valence electrons. The van der Waals surface area contributed by atoms with Gasteiger partial charge in [-0.3, -0.25) is 14.4 Å². The highest BCUT2D eigenvalue weighted by Gasteiger charge is 2.16. The zero-order valence-electron chi connectivity index (χ0n) is 18.6. The number of para-hydroxylation sites is 1. The molecular formula is C26H31NO4. The number of benzene rings is 2. The van der Waals surface area contributed by atoms with Crippen LogP contribution in [0.3, 0.4) is 0 Å². The van der Waals surface area contributed by atoms with Gasteiger partial charge < -0.3 is 10.1 Å². The van der Waals surface area contributed by atoms with Gasteiger partial charge in [0.25, 0.3) is 5.91 Å². The van der Waals surface area contributed by atoms with Crippen molar-refractivity contribution in [3.8, 4) is 0 Å². The number of fused-ring (bicyclic) bond motifs is 1. The SMILES string of the molecule is Cc1cccc(C(C)C)c1NC(=O)COC(=O)CCC(=O)c1ccc2c(c1)CCCC2. The monoisotopic (exact) mass is 421 g/mol. The largest absolute Gasteiger partial charge is 0.456 e. The van der Waals surface area contributed by atoms with E-state index in [4.69, 9.17) is 4.74 Å². The van der Waals surface area contributed by atoms with Gasteiger partial charge in [-0.15, -0.1) is 0 Å². The molecule has 2 aromatic carbocycles. The number of nitrogens with one attached hydrogen (secondary N) is 1. The molecule has 0 aliphatic heterocycles. The normalized spacial score (nSPS) is 12.9. The molecule has 0 spiro atoms. The number of carbonyl (C=O) groups excluding carboxylic acids is 3. The Balaban J connectivity index is 1.47. The lowest BCUT2D eigenvalue weighted by Gasteiger charge is -2.16. The zero-order chi connectivity index (χ0) is 22.4. The summed E-state index contributed by atoms with van der Waals surface area (Å²) < 4.78 is 5.09. The molecule has 0 unspecified atom stereocenters. The molecule has 1 aliphatic carbocycles. The highest BCUT2D eigenvalue weighted by atomic mass is 16.5. The van der Waals surface area contributed by atoms with Gasteiger partial charge in [-0.05, 0) is 66.8 Å². The van der Waals surface area contributed by atoms with Crippen LogP contribution in [0.1, 0.15) is 78.1 Å². The minimum Gasteiger partial charge on any atom is -0.456 e. The van der Waals surface area contributed by atoms with E-state index < -0.39 is 5.97 Å². The molecule has 0 heterocycles.